The fraction of sp³-hybridized carbons (Fsp3) is 0.278. The zero-order chi connectivity index (χ0) is 14.8. The third-order valence-corrected chi connectivity index (χ3v) is 4.35. The van der Waals surface area contributed by atoms with Crippen LogP contribution in [-0.2, 0) is 17.8 Å². The number of nitrogens with zero attached hydrogens (tertiary/aromatic N) is 1. The molecule has 3 rings (SSSR count). The van der Waals surface area contributed by atoms with E-state index in [1.807, 2.05) is 36.4 Å². The van der Waals surface area contributed by atoms with Gasteiger partial charge in [-0.15, -0.1) is 0 Å². The van der Waals surface area contributed by atoms with E-state index in [4.69, 9.17) is 0 Å². The predicted molar refractivity (Wildman–Crippen MR) is 82.0 cm³/mol. The Balaban J connectivity index is 1.94. The minimum Gasteiger partial charge on any atom is -0.480 e. The molecule has 0 bridgehead atoms. The number of hydrogen-bond acceptors (Lipinski definition) is 2. The quantitative estimate of drug-likeness (QED) is 0.938. The summed E-state index contributed by atoms with van der Waals surface area (Å²) in [6.07, 6.45) is 0.572. The average molecular weight is 281 g/mol. The first kappa shape index (κ1) is 13.8. The second-order valence-electron chi connectivity index (χ2n) is 5.59. The topological polar surface area (TPSA) is 40.5 Å². The van der Waals surface area contributed by atoms with E-state index in [-0.39, 0.29) is 6.04 Å². The van der Waals surface area contributed by atoms with Crippen LogP contribution in [0.25, 0.3) is 0 Å². The van der Waals surface area contributed by atoms with Crippen molar-refractivity contribution in [2.75, 3.05) is 0 Å². The van der Waals surface area contributed by atoms with E-state index in [2.05, 4.69) is 30.0 Å². The van der Waals surface area contributed by atoms with Crippen LogP contribution in [0.2, 0.25) is 0 Å². The average Bonchev–Trinajstić information content (AvgIpc) is 2.53. The van der Waals surface area contributed by atoms with E-state index in [0.717, 1.165) is 11.1 Å². The highest BCUT2D eigenvalue weighted by molar-refractivity contribution is 5.74. The molecule has 3 heteroatoms. The van der Waals surface area contributed by atoms with Crippen molar-refractivity contribution in [3.63, 3.8) is 0 Å². The Morgan fingerprint density at radius 3 is 2.38 bits per heavy atom. The fourth-order valence-electron chi connectivity index (χ4n) is 3.10. The van der Waals surface area contributed by atoms with Gasteiger partial charge in [0.25, 0.3) is 0 Å². The van der Waals surface area contributed by atoms with E-state index in [1.165, 1.54) is 5.56 Å². The van der Waals surface area contributed by atoms with E-state index in [9.17, 15) is 9.90 Å². The molecule has 3 nitrogen and oxygen atoms in total. The highest BCUT2D eigenvalue weighted by Gasteiger charge is 2.34. The molecule has 2 aromatic rings. The summed E-state index contributed by atoms with van der Waals surface area (Å²) in [5, 5.41) is 9.59. The molecule has 0 spiro atoms. The van der Waals surface area contributed by atoms with Crippen LogP contribution in [0, 0.1) is 0 Å². The van der Waals surface area contributed by atoms with Crippen LogP contribution in [0.3, 0.4) is 0 Å². The van der Waals surface area contributed by atoms with Crippen LogP contribution < -0.4 is 0 Å². The van der Waals surface area contributed by atoms with Gasteiger partial charge in [-0.05, 0) is 30.0 Å². The van der Waals surface area contributed by atoms with E-state index in [0.29, 0.717) is 13.0 Å². The lowest BCUT2D eigenvalue weighted by Crippen LogP contribution is -2.46. The maximum Gasteiger partial charge on any atom is 0.321 e. The van der Waals surface area contributed by atoms with Gasteiger partial charge in [-0.1, -0.05) is 54.6 Å². The molecule has 1 heterocycles. The summed E-state index contributed by atoms with van der Waals surface area (Å²) in [6.45, 7) is 2.77. The predicted octanol–water partition coefficient (Wildman–Crippen LogP) is 3.26. The molecule has 0 radical (unpaired) electrons. The van der Waals surface area contributed by atoms with Gasteiger partial charge in [0.15, 0.2) is 0 Å². The molecule has 1 aliphatic heterocycles. The summed E-state index contributed by atoms with van der Waals surface area (Å²) in [6, 6.07) is 17.9. The lowest BCUT2D eigenvalue weighted by molar-refractivity contribution is -0.145. The molecular weight excluding hydrogens is 262 g/mol. The molecule has 1 N–H and O–H groups in total. The summed E-state index contributed by atoms with van der Waals surface area (Å²) >= 11 is 0. The first-order valence-electron chi connectivity index (χ1n) is 7.27. The van der Waals surface area contributed by atoms with Crippen LogP contribution in [0.4, 0.5) is 0 Å². The van der Waals surface area contributed by atoms with Crippen molar-refractivity contribution >= 4 is 5.97 Å². The fourth-order valence-corrected chi connectivity index (χ4v) is 3.10. The largest absolute Gasteiger partial charge is 0.480 e. The Morgan fingerprint density at radius 1 is 1.10 bits per heavy atom. The number of fused-ring (bicyclic) bond motifs is 1. The molecule has 0 amide bonds. The third-order valence-electron chi connectivity index (χ3n) is 4.35. The number of carboxylic acid groups (broad SMARTS) is 1. The van der Waals surface area contributed by atoms with Gasteiger partial charge in [0, 0.05) is 12.6 Å². The summed E-state index contributed by atoms with van der Waals surface area (Å²) in [5.41, 5.74) is 3.54. The summed E-state index contributed by atoms with van der Waals surface area (Å²) in [5.74, 6) is -0.743. The molecule has 0 aliphatic carbocycles. The molecule has 1 aliphatic rings. The lowest BCUT2D eigenvalue weighted by atomic mass is 9.91. The van der Waals surface area contributed by atoms with E-state index >= 15 is 0 Å². The summed E-state index contributed by atoms with van der Waals surface area (Å²) in [4.78, 5) is 13.8. The Labute approximate surface area is 124 Å². The van der Waals surface area contributed by atoms with Crippen molar-refractivity contribution in [2.24, 2.45) is 0 Å². The smallest absolute Gasteiger partial charge is 0.321 e. The van der Waals surface area contributed by atoms with Crippen LogP contribution in [0.1, 0.15) is 29.7 Å². The standard InChI is InChI=1S/C18H19NO2/c1-13(14-7-3-2-4-8-14)19-12-16-10-6-5-9-15(16)11-17(19)18(20)21/h2-10,13,17H,11-12H2,1H3,(H,20,21). The number of aliphatic carboxylic acids is 1. The molecule has 2 unspecified atom stereocenters. The van der Waals surface area contributed by atoms with Crippen LogP contribution >= 0.6 is 0 Å². The molecule has 2 aromatic carbocycles. The zero-order valence-electron chi connectivity index (χ0n) is 12.1. The van der Waals surface area contributed by atoms with Crippen molar-refractivity contribution in [2.45, 2.75) is 32.0 Å². The van der Waals surface area contributed by atoms with Crippen molar-refractivity contribution in [1.29, 1.82) is 0 Å². The molecule has 108 valence electrons. The van der Waals surface area contributed by atoms with Gasteiger partial charge in [-0.2, -0.15) is 0 Å². The number of carboxylic acids is 1. The van der Waals surface area contributed by atoms with Crippen LogP contribution in [-0.4, -0.2) is 22.0 Å². The van der Waals surface area contributed by atoms with Gasteiger partial charge in [0.2, 0.25) is 0 Å². The third kappa shape index (κ3) is 2.69. The number of benzene rings is 2. The maximum atomic E-state index is 11.7. The molecular formula is C18H19NO2. The number of carbonyl (C=O) groups is 1. The van der Waals surface area contributed by atoms with Crippen molar-refractivity contribution in [1.82, 2.24) is 4.90 Å². The highest BCUT2D eigenvalue weighted by atomic mass is 16.4. The Morgan fingerprint density at radius 2 is 1.71 bits per heavy atom. The van der Waals surface area contributed by atoms with Gasteiger partial charge in [-0.3, -0.25) is 9.69 Å². The lowest BCUT2D eigenvalue weighted by Gasteiger charge is -2.38. The molecule has 21 heavy (non-hydrogen) atoms. The van der Waals surface area contributed by atoms with Crippen molar-refractivity contribution in [3.05, 3.63) is 71.3 Å². The Kier molecular flexibility index (Phi) is 3.76. The Hall–Kier alpha value is -2.13. The monoisotopic (exact) mass is 281 g/mol. The zero-order valence-corrected chi connectivity index (χ0v) is 12.1. The molecule has 2 atom stereocenters. The second-order valence-corrected chi connectivity index (χ2v) is 5.59. The minimum atomic E-state index is -0.743. The maximum absolute atomic E-state index is 11.7. The van der Waals surface area contributed by atoms with Crippen molar-refractivity contribution < 1.29 is 9.90 Å². The van der Waals surface area contributed by atoms with Gasteiger partial charge >= 0.3 is 5.97 Å². The van der Waals surface area contributed by atoms with Crippen LogP contribution in [0.15, 0.2) is 54.6 Å². The van der Waals surface area contributed by atoms with E-state index in [1.54, 1.807) is 0 Å². The Bertz CT molecular complexity index is 639. The van der Waals surface area contributed by atoms with Gasteiger partial charge in [-0.25, -0.2) is 0 Å². The first-order chi connectivity index (χ1) is 10.2. The van der Waals surface area contributed by atoms with Crippen molar-refractivity contribution in [3.8, 4) is 0 Å². The van der Waals surface area contributed by atoms with Gasteiger partial charge < -0.3 is 5.11 Å². The number of rotatable bonds is 3. The highest BCUT2D eigenvalue weighted by Crippen LogP contribution is 2.31. The summed E-state index contributed by atoms with van der Waals surface area (Å²) < 4.78 is 0. The normalized spacial score (nSPS) is 19.8. The molecule has 0 aromatic heterocycles. The van der Waals surface area contributed by atoms with E-state index < -0.39 is 12.0 Å². The van der Waals surface area contributed by atoms with Gasteiger partial charge in [0.1, 0.15) is 6.04 Å². The second kappa shape index (κ2) is 5.70. The number of hydrogen-bond donors (Lipinski definition) is 1. The first-order valence-corrected chi connectivity index (χ1v) is 7.27. The minimum absolute atomic E-state index is 0.0839. The molecule has 0 saturated carbocycles. The SMILES string of the molecule is CC(c1ccccc1)N1Cc2ccccc2CC1C(=O)O. The molecule has 0 fully saturated rings. The summed E-state index contributed by atoms with van der Waals surface area (Å²) in [7, 11) is 0. The van der Waals surface area contributed by atoms with Crippen LogP contribution in [0.5, 0.6) is 0 Å². The molecule has 0 saturated heterocycles. The van der Waals surface area contributed by atoms with Gasteiger partial charge in [0.05, 0.1) is 0 Å².